The molecule has 1 unspecified atom stereocenters. The van der Waals surface area contributed by atoms with Crippen LogP contribution in [0.2, 0.25) is 0 Å². The molecule has 1 aromatic rings. The molecule has 0 saturated heterocycles. The fourth-order valence-electron chi connectivity index (χ4n) is 1.06. The zero-order valence-electron chi connectivity index (χ0n) is 8.57. The minimum Gasteiger partial charge on any atom is -0.390 e. The molecule has 77 valence electrons. The van der Waals surface area contributed by atoms with E-state index in [2.05, 4.69) is 6.92 Å². The lowest BCUT2D eigenvalue weighted by atomic mass is 10.1. The number of aliphatic hydroxyl groups is 1. The summed E-state index contributed by atoms with van der Waals surface area (Å²) in [6.07, 6.45) is 0.555. The molecule has 0 bridgehead atoms. The van der Waals surface area contributed by atoms with Crippen LogP contribution in [0.3, 0.4) is 0 Å². The molecule has 2 nitrogen and oxygen atoms in total. The molecule has 0 aliphatic rings. The topological polar surface area (TPSA) is 29.5 Å². The molecule has 14 heavy (non-hydrogen) atoms. The van der Waals surface area contributed by atoms with Crippen LogP contribution in [0.4, 0.5) is 0 Å². The van der Waals surface area contributed by atoms with Gasteiger partial charge >= 0.3 is 0 Å². The monoisotopic (exact) mass is 193 g/mol. The lowest BCUT2D eigenvalue weighted by Crippen LogP contribution is -2.21. The Hall–Kier alpha value is -0.860. The van der Waals surface area contributed by atoms with Gasteiger partial charge in [-0.05, 0) is 25.8 Å². The van der Waals surface area contributed by atoms with Crippen molar-refractivity contribution in [3.05, 3.63) is 42.8 Å². The molecule has 1 radical (unpaired) electrons. The number of hydrogen-bond acceptors (Lipinski definition) is 2. The van der Waals surface area contributed by atoms with Crippen molar-refractivity contribution < 1.29 is 9.84 Å². The first-order valence-electron chi connectivity index (χ1n) is 4.77. The van der Waals surface area contributed by atoms with Crippen LogP contribution >= 0.6 is 0 Å². The molecule has 0 fully saturated rings. The van der Waals surface area contributed by atoms with Crippen molar-refractivity contribution in [3.63, 3.8) is 0 Å². The molecule has 0 aromatic heterocycles. The highest BCUT2D eigenvalue weighted by Gasteiger charge is 2.11. The number of rotatable bonds is 5. The van der Waals surface area contributed by atoms with Gasteiger partial charge in [0.05, 0.1) is 12.2 Å². The summed E-state index contributed by atoms with van der Waals surface area (Å²) in [6.45, 7) is 6.40. The van der Waals surface area contributed by atoms with Crippen LogP contribution in [0.1, 0.15) is 18.9 Å². The van der Waals surface area contributed by atoms with Crippen molar-refractivity contribution in [1.29, 1.82) is 0 Å². The number of benzene rings is 1. The normalized spacial score (nSPS) is 11.6. The lowest BCUT2D eigenvalue weighted by molar-refractivity contribution is 0.0408. The average Bonchev–Trinajstić information content (AvgIpc) is 2.13. The van der Waals surface area contributed by atoms with Crippen molar-refractivity contribution >= 4 is 0 Å². The van der Waals surface area contributed by atoms with Crippen LogP contribution < -0.4 is 0 Å². The smallest absolute Gasteiger partial charge is 0.0716 e. The number of hydrogen-bond donors (Lipinski definition) is 1. The van der Waals surface area contributed by atoms with E-state index in [1.807, 2.05) is 30.3 Å². The summed E-state index contributed by atoms with van der Waals surface area (Å²) in [5.74, 6) is 0. The summed E-state index contributed by atoms with van der Waals surface area (Å²) in [5, 5.41) is 9.32. The van der Waals surface area contributed by atoms with Crippen LogP contribution in [0, 0.1) is 6.92 Å². The maximum atomic E-state index is 9.32. The van der Waals surface area contributed by atoms with Gasteiger partial charge in [0.15, 0.2) is 0 Å². The van der Waals surface area contributed by atoms with Crippen molar-refractivity contribution in [2.45, 2.75) is 25.6 Å². The van der Waals surface area contributed by atoms with Crippen LogP contribution in [0.5, 0.6) is 0 Å². The third-order valence-electron chi connectivity index (χ3n) is 1.90. The maximum Gasteiger partial charge on any atom is 0.0716 e. The molecule has 1 aromatic carbocycles. The first-order chi connectivity index (χ1) is 6.58. The minimum absolute atomic E-state index is 0.533. The van der Waals surface area contributed by atoms with Gasteiger partial charge in [0, 0.05) is 6.61 Å². The molecular formula is C12H17O2. The van der Waals surface area contributed by atoms with E-state index in [-0.39, 0.29) is 0 Å². The van der Waals surface area contributed by atoms with E-state index in [1.165, 1.54) is 0 Å². The third-order valence-corrected chi connectivity index (χ3v) is 1.90. The average molecular weight is 193 g/mol. The summed E-state index contributed by atoms with van der Waals surface area (Å²) >= 11 is 0. The highest BCUT2D eigenvalue weighted by molar-refractivity contribution is 5.13. The van der Waals surface area contributed by atoms with E-state index in [9.17, 15) is 5.11 Å². The highest BCUT2D eigenvalue weighted by atomic mass is 16.5. The first-order valence-corrected chi connectivity index (χ1v) is 4.77. The van der Waals surface area contributed by atoms with Gasteiger partial charge in [-0.2, -0.15) is 0 Å². The molecule has 1 atom stereocenters. The van der Waals surface area contributed by atoms with Crippen molar-refractivity contribution in [2.24, 2.45) is 0 Å². The Morgan fingerprint density at radius 3 is 2.57 bits per heavy atom. The fraction of sp³-hybridized carbons (Fsp3) is 0.417. The lowest BCUT2D eigenvalue weighted by Gasteiger charge is -2.16. The predicted molar refractivity (Wildman–Crippen MR) is 56.7 cm³/mol. The van der Waals surface area contributed by atoms with E-state index in [4.69, 9.17) is 4.74 Å². The van der Waals surface area contributed by atoms with Crippen LogP contribution in [0.15, 0.2) is 30.3 Å². The minimum atomic E-state index is -0.878. The summed E-state index contributed by atoms with van der Waals surface area (Å²) in [7, 11) is 0. The van der Waals surface area contributed by atoms with E-state index < -0.39 is 5.60 Å². The molecule has 1 rings (SSSR count). The second kappa shape index (κ2) is 5.13. The van der Waals surface area contributed by atoms with Gasteiger partial charge in [-0.15, -0.1) is 0 Å². The van der Waals surface area contributed by atoms with Gasteiger partial charge in [-0.3, -0.25) is 0 Å². The molecule has 0 aliphatic carbocycles. The van der Waals surface area contributed by atoms with Crippen LogP contribution in [-0.4, -0.2) is 17.3 Å². The van der Waals surface area contributed by atoms with Gasteiger partial charge in [-0.1, -0.05) is 30.3 Å². The van der Waals surface area contributed by atoms with Gasteiger partial charge in [0.2, 0.25) is 0 Å². The molecule has 0 aliphatic heterocycles. The second-order valence-corrected chi connectivity index (χ2v) is 3.79. The summed E-state index contributed by atoms with van der Waals surface area (Å²) in [5.41, 5.74) is 0.271. The first kappa shape index (κ1) is 11.2. The zero-order valence-corrected chi connectivity index (χ0v) is 8.57. The van der Waals surface area contributed by atoms with Crippen LogP contribution in [-0.2, 0) is 11.3 Å². The van der Waals surface area contributed by atoms with Gasteiger partial charge in [0.1, 0.15) is 0 Å². The fourth-order valence-corrected chi connectivity index (χ4v) is 1.06. The Balaban J connectivity index is 2.17. The second-order valence-electron chi connectivity index (χ2n) is 3.79. The zero-order chi connectivity index (χ0) is 10.4. The summed E-state index contributed by atoms with van der Waals surface area (Å²) in [6, 6.07) is 9.97. The molecule has 0 amide bonds. The summed E-state index contributed by atoms with van der Waals surface area (Å²) < 4.78 is 5.40. The predicted octanol–water partition coefficient (Wildman–Crippen LogP) is 2.18. The van der Waals surface area contributed by atoms with E-state index in [1.54, 1.807) is 6.92 Å². The number of ether oxygens (including phenoxy) is 1. The van der Waals surface area contributed by atoms with E-state index >= 15 is 0 Å². The van der Waals surface area contributed by atoms with Crippen molar-refractivity contribution in [2.75, 3.05) is 6.61 Å². The highest BCUT2D eigenvalue weighted by Crippen LogP contribution is 2.07. The van der Waals surface area contributed by atoms with E-state index in [0.29, 0.717) is 19.6 Å². The Bertz CT molecular complexity index is 249. The van der Waals surface area contributed by atoms with Gasteiger partial charge < -0.3 is 9.84 Å². The van der Waals surface area contributed by atoms with Crippen LogP contribution in [0.25, 0.3) is 0 Å². The molecule has 0 heterocycles. The van der Waals surface area contributed by atoms with Gasteiger partial charge in [0.25, 0.3) is 0 Å². The Morgan fingerprint density at radius 2 is 2.00 bits per heavy atom. The quantitative estimate of drug-likeness (QED) is 0.726. The SMILES string of the molecule is [CH2]C(C)(O)CCOCc1ccccc1. The Morgan fingerprint density at radius 1 is 1.36 bits per heavy atom. The van der Waals surface area contributed by atoms with E-state index in [0.717, 1.165) is 5.56 Å². The molecule has 1 N–H and O–H groups in total. The molecular weight excluding hydrogens is 176 g/mol. The standard InChI is InChI=1S/C12H17O2/c1-12(2,13)8-9-14-10-11-6-4-3-5-7-11/h3-7,13H,1,8-10H2,2H3. The Labute approximate surface area is 85.5 Å². The maximum absolute atomic E-state index is 9.32. The van der Waals surface area contributed by atoms with Gasteiger partial charge in [-0.25, -0.2) is 0 Å². The molecule has 2 heteroatoms. The van der Waals surface area contributed by atoms with Crippen molar-refractivity contribution in [1.82, 2.24) is 0 Å². The largest absolute Gasteiger partial charge is 0.390 e. The Kier molecular flexibility index (Phi) is 4.11. The van der Waals surface area contributed by atoms with Crippen molar-refractivity contribution in [3.8, 4) is 0 Å². The summed E-state index contributed by atoms with van der Waals surface area (Å²) in [4.78, 5) is 0. The molecule has 0 saturated carbocycles. The third kappa shape index (κ3) is 5.00. The molecule has 0 spiro atoms.